The fourth-order valence-electron chi connectivity index (χ4n) is 1.59. The molecule has 0 radical (unpaired) electrons. The van der Waals surface area contributed by atoms with Gasteiger partial charge in [-0.1, -0.05) is 0 Å². The first-order chi connectivity index (χ1) is 6.93. The van der Waals surface area contributed by atoms with Gasteiger partial charge >= 0.3 is 0 Å². The van der Waals surface area contributed by atoms with Crippen LogP contribution < -0.4 is 0 Å². The number of hydrogen-bond acceptors (Lipinski definition) is 2. The smallest absolute Gasteiger partial charge is 0.189 e. The normalized spacial score (nSPS) is 11.0. The van der Waals surface area contributed by atoms with Gasteiger partial charge in [0.25, 0.3) is 0 Å². The van der Waals surface area contributed by atoms with Crippen molar-refractivity contribution in [1.82, 2.24) is 9.47 Å². The van der Waals surface area contributed by atoms with Crippen LogP contribution in [0.15, 0.2) is 18.5 Å². The molecule has 0 aromatic carbocycles. The molecule has 1 aromatic rings. The van der Waals surface area contributed by atoms with Gasteiger partial charge in [0.1, 0.15) is 0 Å². The third-order valence-corrected chi connectivity index (χ3v) is 2.44. The lowest BCUT2D eigenvalue weighted by Gasteiger charge is -2.03. The molecule has 0 atom stereocenters. The number of aryl methyl sites for hydroxylation is 2. The van der Waals surface area contributed by atoms with E-state index in [1.807, 2.05) is 50.7 Å². The molecular weight excluding hydrogens is 188 g/mol. The largest absolute Gasteiger partial charge is 0.383 e. The number of carbonyl (C=O) groups is 1. The van der Waals surface area contributed by atoms with Crippen molar-refractivity contribution in [3.8, 4) is 0 Å². The molecule has 15 heavy (non-hydrogen) atoms. The van der Waals surface area contributed by atoms with Crippen molar-refractivity contribution in [2.24, 2.45) is 7.05 Å². The van der Waals surface area contributed by atoms with E-state index in [-0.39, 0.29) is 5.78 Å². The van der Waals surface area contributed by atoms with Crippen molar-refractivity contribution in [3.05, 3.63) is 35.3 Å². The number of rotatable bonds is 3. The Morgan fingerprint density at radius 2 is 2.00 bits per heavy atom. The molecule has 0 aliphatic rings. The number of nitrogens with zero attached hydrogens (tertiary/aromatic N) is 2. The van der Waals surface area contributed by atoms with E-state index in [2.05, 4.69) is 0 Å². The van der Waals surface area contributed by atoms with Crippen LogP contribution in [0.5, 0.6) is 0 Å². The molecule has 0 aliphatic carbocycles. The molecule has 3 heteroatoms. The Morgan fingerprint density at radius 1 is 1.40 bits per heavy atom. The summed E-state index contributed by atoms with van der Waals surface area (Å²) < 4.78 is 1.98. The molecule has 1 heterocycles. The molecule has 1 rings (SSSR count). The summed E-state index contributed by atoms with van der Waals surface area (Å²) in [7, 11) is 5.75. The Kier molecular flexibility index (Phi) is 3.35. The summed E-state index contributed by atoms with van der Waals surface area (Å²) in [5, 5.41) is 0. The van der Waals surface area contributed by atoms with Crippen LogP contribution in [0.4, 0.5) is 0 Å². The Hall–Kier alpha value is -1.51. The number of aromatic nitrogens is 1. The lowest BCUT2D eigenvalue weighted by molar-refractivity contribution is 0.104. The average molecular weight is 206 g/mol. The second-order valence-corrected chi connectivity index (χ2v) is 4.03. The molecule has 82 valence electrons. The summed E-state index contributed by atoms with van der Waals surface area (Å²) in [6.07, 6.45) is 5.36. The zero-order chi connectivity index (χ0) is 11.6. The van der Waals surface area contributed by atoms with Crippen molar-refractivity contribution < 1.29 is 4.79 Å². The van der Waals surface area contributed by atoms with Crippen LogP contribution in [-0.4, -0.2) is 29.3 Å². The van der Waals surface area contributed by atoms with Crippen LogP contribution >= 0.6 is 0 Å². The van der Waals surface area contributed by atoms with E-state index in [9.17, 15) is 4.79 Å². The zero-order valence-corrected chi connectivity index (χ0v) is 10.0. The van der Waals surface area contributed by atoms with Crippen LogP contribution in [0.3, 0.4) is 0 Å². The maximum Gasteiger partial charge on any atom is 0.189 e. The van der Waals surface area contributed by atoms with Crippen molar-refractivity contribution in [1.29, 1.82) is 0 Å². The molecule has 1 aromatic heterocycles. The molecule has 3 nitrogen and oxygen atoms in total. The summed E-state index contributed by atoms with van der Waals surface area (Å²) in [4.78, 5) is 13.7. The predicted octanol–water partition coefficient (Wildman–Crippen LogP) is 1.90. The van der Waals surface area contributed by atoms with E-state index < -0.39 is 0 Å². The second-order valence-electron chi connectivity index (χ2n) is 4.03. The van der Waals surface area contributed by atoms with Crippen molar-refractivity contribution in [2.45, 2.75) is 13.8 Å². The molecule has 0 spiro atoms. The van der Waals surface area contributed by atoms with E-state index in [0.29, 0.717) is 0 Å². The highest BCUT2D eigenvalue weighted by atomic mass is 16.1. The fourth-order valence-corrected chi connectivity index (χ4v) is 1.59. The van der Waals surface area contributed by atoms with Gasteiger partial charge in [0.15, 0.2) is 5.78 Å². The standard InChI is InChI=1S/C12H18N2O/c1-9-8-14(5)10(2)12(9)11(15)6-7-13(3)4/h6-8H,1-5H3/b7-6+. The molecule has 0 unspecified atom stereocenters. The molecular formula is C12H18N2O. The molecule has 0 saturated carbocycles. The first-order valence-electron chi connectivity index (χ1n) is 4.95. The number of hydrogen-bond donors (Lipinski definition) is 0. The van der Waals surface area contributed by atoms with Crippen molar-refractivity contribution >= 4 is 5.78 Å². The minimum atomic E-state index is 0.0688. The minimum absolute atomic E-state index is 0.0688. The van der Waals surface area contributed by atoms with E-state index in [1.54, 1.807) is 12.3 Å². The van der Waals surface area contributed by atoms with E-state index >= 15 is 0 Å². The molecule has 0 fully saturated rings. The summed E-state index contributed by atoms with van der Waals surface area (Å²) in [5.41, 5.74) is 2.86. The van der Waals surface area contributed by atoms with Crippen LogP contribution in [0, 0.1) is 13.8 Å². The Labute approximate surface area is 91.0 Å². The third-order valence-electron chi connectivity index (χ3n) is 2.44. The van der Waals surface area contributed by atoms with Gasteiger partial charge in [-0.05, 0) is 19.4 Å². The average Bonchev–Trinajstić information content (AvgIpc) is 2.37. The predicted molar refractivity (Wildman–Crippen MR) is 62.0 cm³/mol. The highest BCUT2D eigenvalue weighted by molar-refractivity contribution is 6.06. The monoisotopic (exact) mass is 206 g/mol. The van der Waals surface area contributed by atoms with Crippen LogP contribution in [-0.2, 0) is 7.05 Å². The van der Waals surface area contributed by atoms with Gasteiger partial charge in [-0.2, -0.15) is 0 Å². The van der Waals surface area contributed by atoms with Crippen LogP contribution in [0.2, 0.25) is 0 Å². The first-order valence-corrected chi connectivity index (χ1v) is 4.95. The van der Waals surface area contributed by atoms with Gasteiger partial charge in [0.2, 0.25) is 0 Å². The highest BCUT2D eigenvalue weighted by Gasteiger charge is 2.12. The Bertz CT molecular complexity index is 400. The summed E-state index contributed by atoms with van der Waals surface area (Å²) in [6, 6.07) is 0. The fraction of sp³-hybridized carbons (Fsp3) is 0.417. The molecule has 0 N–H and O–H groups in total. The van der Waals surface area contributed by atoms with Gasteiger partial charge in [-0.15, -0.1) is 0 Å². The highest BCUT2D eigenvalue weighted by Crippen LogP contribution is 2.16. The maximum atomic E-state index is 11.9. The Balaban J connectivity index is 3.01. The summed E-state index contributed by atoms with van der Waals surface area (Å²) in [6.45, 7) is 3.92. The van der Waals surface area contributed by atoms with E-state index in [0.717, 1.165) is 16.8 Å². The maximum absolute atomic E-state index is 11.9. The lowest BCUT2D eigenvalue weighted by Crippen LogP contribution is -2.04. The topological polar surface area (TPSA) is 25.2 Å². The lowest BCUT2D eigenvalue weighted by atomic mass is 10.1. The number of ketones is 1. The Morgan fingerprint density at radius 3 is 2.40 bits per heavy atom. The number of allylic oxidation sites excluding steroid dienone is 1. The van der Waals surface area contributed by atoms with Gasteiger partial charge in [0, 0.05) is 50.9 Å². The number of carbonyl (C=O) groups excluding carboxylic acids is 1. The van der Waals surface area contributed by atoms with Crippen molar-refractivity contribution in [3.63, 3.8) is 0 Å². The van der Waals surface area contributed by atoms with E-state index in [4.69, 9.17) is 0 Å². The van der Waals surface area contributed by atoms with Gasteiger partial charge in [-0.25, -0.2) is 0 Å². The molecule has 0 aliphatic heterocycles. The summed E-state index contributed by atoms with van der Waals surface area (Å²) in [5.74, 6) is 0.0688. The van der Waals surface area contributed by atoms with Gasteiger partial charge in [0.05, 0.1) is 0 Å². The first kappa shape index (κ1) is 11.6. The van der Waals surface area contributed by atoms with E-state index in [1.165, 1.54) is 0 Å². The van der Waals surface area contributed by atoms with Crippen molar-refractivity contribution in [2.75, 3.05) is 14.1 Å². The third kappa shape index (κ3) is 2.49. The second kappa shape index (κ2) is 4.34. The van der Waals surface area contributed by atoms with Crippen LogP contribution in [0.25, 0.3) is 0 Å². The molecule has 0 amide bonds. The zero-order valence-electron chi connectivity index (χ0n) is 10.0. The molecule has 0 bridgehead atoms. The van der Waals surface area contributed by atoms with Gasteiger partial charge in [-0.3, -0.25) is 4.79 Å². The summed E-state index contributed by atoms with van der Waals surface area (Å²) >= 11 is 0. The SMILES string of the molecule is Cc1cn(C)c(C)c1C(=O)/C=C/N(C)C. The molecule has 0 saturated heterocycles. The van der Waals surface area contributed by atoms with Crippen LogP contribution in [0.1, 0.15) is 21.6 Å². The quantitative estimate of drug-likeness (QED) is 0.557. The van der Waals surface area contributed by atoms with Gasteiger partial charge < -0.3 is 9.47 Å². The minimum Gasteiger partial charge on any atom is -0.383 e.